The second kappa shape index (κ2) is 46.9. The lowest BCUT2D eigenvalue weighted by Crippen LogP contribution is -2.61. The molecule has 0 saturated carbocycles. The Bertz CT molecular complexity index is 1560. The van der Waals surface area contributed by atoms with E-state index in [1.807, 2.05) is 18.2 Å². The Kier molecular flexibility index (Phi) is 42.9. The van der Waals surface area contributed by atoms with E-state index in [0.717, 1.165) is 89.9 Å². The minimum Gasteiger partial charge on any atom is -0.479 e. The molecule has 0 spiro atoms. The van der Waals surface area contributed by atoms with Crippen molar-refractivity contribution < 1.29 is 58.2 Å². The van der Waals surface area contributed by atoms with Crippen LogP contribution >= 0.6 is 0 Å². The van der Waals surface area contributed by atoms with Crippen LogP contribution in [0, 0.1) is 0 Å². The Hall–Kier alpha value is -4.10. The molecular weight excluding hydrogens is 901 g/mol. The van der Waals surface area contributed by atoms with Gasteiger partial charge in [0.2, 0.25) is 0 Å². The first-order chi connectivity index (χ1) is 34.6. The first kappa shape index (κ1) is 64.9. The number of hydrogen-bond acceptors (Lipinski definition) is 11. The molecule has 404 valence electrons. The number of hydrogen-bond donors (Lipinski definition) is 3. The van der Waals surface area contributed by atoms with Crippen molar-refractivity contribution in [1.29, 1.82) is 0 Å². The predicted molar refractivity (Wildman–Crippen MR) is 284 cm³/mol. The summed E-state index contributed by atoms with van der Waals surface area (Å²) in [5.74, 6) is -3.25. The third-order valence-corrected chi connectivity index (χ3v) is 12.0. The van der Waals surface area contributed by atoms with E-state index in [2.05, 4.69) is 87.6 Å². The average molecular weight is 997 g/mol. The lowest BCUT2D eigenvalue weighted by Gasteiger charge is -2.40. The number of aliphatic hydroxyl groups is 2. The number of aliphatic carboxylic acids is 1. The Morgan fingerprint density at radius 2 is 0.915 bits per heavy atom. The molecular formula is C59H96O12. The molecule has 0 aromatic heterocycles. The molecule has 0 aromatic carbocycles. The van der Waals surface area contributed by atoms with Crippen molar-refractivity contribution in [2.75, 3.05) is 13.2 Å². The summed E-state index contributed by atoms with van der Waals surface area (Å²) in [6.45, 7) is 5.69. The molecule has 1 aliphatic heterocycles. The van der Waals surface area contributed by atoms with Crippen LogP contribution in [0.3, 0.4) is 0 Å². The Balaban J connectivity index is 2.76. The molecule has 1 fully saturated rings. The van der Waals surface area contributed by atoms with Gasteiger partial charge in [0, 0.05) is 19.3 Å². The number of allylic oxidation sites excluding steroid dienone is 14. The van der Waals surface area contributed by atoms with E-state index < -0.39 is 67.3 Å². The van der Waals surface area contributed by atoms with Crippen molar-refractivity contribution in [2.45, 2.75) is 250 Å². The zero-order valence-corrected chi connectivity index (χ0v) is 44.2. The number of rotatable bonds is 45. The highest BCUT2D eigenvalue weighted by molar-refractivity contribution is 5.74. The van der Waals surface area contributed by atoms with Crippen LogP contribution in [-0.4, -0.2) is 89.2 Å². The Morgan fingerprint density at radius 3 is 1.41 bits per heavy atom. The van der Waals surface area contributed by atoms with E-state index in [9.17, 15) is 34.5 Å². The van der Waals surface area contributed by atoms with Gasteiger partial charge in [-0.25, -0.2) is 4.79 Å². The number of carboxylic acid groups (broad SMARTS) is 1. The molecule has 1 aliphatic rings. The van der Waals surface area contributed by atoms with Crippen molar-refractivity contribution in [3.8, 4) is 0 Å². The first-order valence-electron chi connectivity index (χ1n) is 27.6. The third-order valence-electron chi connectivity index (χ3n) is 12.0. The van der Waals surface area contributed by atoms with Gasteiger partial charge in [0.1, 0.15) is 18.8 Å². The maximum Gasteiger partial charge on any atom is 0.335 e. The topological polar surface area (TPSA) is 175 Å². The number of ether oxygens (including phenoxy) is 5. The molecule has 0 aromatic rings. The first-order valence-corrected chi connectivity index (χ1v) is 27.6. The molecule has 12 nitrogen and oxygen atoms in total. The van der Waals surface area contributed by atoms with Crippen LogP contribution in [0.2, 0.25) is 0 Å². The zero-order valence-electron chi connectivity index (χ0n) is 44.2. The third kappa shape index (κ3) is 37.3. The van der Waals surface area contributed by atoms with E-state index >= 15 is 0 Å². The quantitative estimate of drug-likeness (QED) is 0.0228. The minimum absolute atomic E-state index is 0.0643. The van der Waals surface area contributed by atoms with Crippen LogP contribution in [0.4, 0.5) is 0 Å². The number of esters is 3. The molecule has 1 saturated heterocycles. The van der Waals surface area contributed by atoms with E-state index in [1.54, 1.807) is 0 Å². The molecule has 71 heavy (non-hydrogen) atoms. The summed E-state index contributed by atoms with van der Waals surface area (Å²) in [6.07, 6.45) is 47.2. The number of aliphatic hydroxyl groups excluding tert-OH is 2. The van der Waals surface area contributed by atoms with Gasteiger partial charge in [0.15, 0.2) is 24.6 Å². The number of unbranched alkanes of at least 4 members (excludes halogenated alkanes) is 17. The smallest absolute Gasteiger partial charge is 0.335 e. The van der Waals surface area contributed by atoms with Crippen molar-refractivity contribution in [2.24, 2.45) is 0 Å². The van der Waals surface area contributed by atoms with E-state index in [1.165, 1.54) is 57.8 Å². The predicted octanol–water partition coefficient (Wildman–Crippen LogP) is 13.6. The van der Waals surface area contributed by atoms with Gasteiger partial charge in [-0.3, -0.25) is 14.4 Å². The largest absolute Gasteiger partial charge is 0.479 e. The van der Waals surface area contributed by atoms with Gasteiger partial charge >= 0.3 is 23.9 Å². The molecule has 1 rings (SSSR count). The second-order valence-corrected chi connectivity index (χ2v) is 18.5. The van der Waals surface area contributed by atoms with E-state index in [4.69, 9.17) is 23.7 Å². The molecule has 0 bridgehead atoms. The molecule has 12 heteroatoms. The summed E-state index contributed by atoms with van der Waals surface area (Å²) in [6, 6.07) is 0. The summed E-state index contributed by atoms with van der Waals surface area (Å²) < 4.78 is 28.2. The SMILES string of the molecule is CC/C=C\C/C=C\C/C=C\C/C=C\CCC(=O)OC1C(OCC(COC(=O)CCCCCCC/C=C\C/C=C\C/C=C\CC)OC(=O)CCCCCCCCCCCCCCC)OC(C(=O)O)C(O)C1O. The van der Waals surface area contributed by atoms with Crippen LogP contribution in [0.15, 0.2) is 85.1 Å². The van der Waals surface area contributed by atoms with Gasteiger partial charge in [-0.05, 0) is 77.0 Å². The van der Waals surface area contributed by atoms with Gasteiger partial charge in [0.05, 0.1) is 6.61 Å². The fourth-order valence-electron chi connectivity index (χ4n) is 7.81. The van der Waals surface area contributed by atoms with Crippen LogP contribution < -0.4 is 0 Å². The highest BCUT2D eigenvalue weighted by atomic mass is 16.7. The monoisotopic (exact) mass is 997 g/mol. The van der Waals surface area contributed by atoms with Crippen molar-refractivity contribution >= 4 is 23.9 Å². The van der Waals surface area contributed by atoms with Crippen LogP contribution in [-0.2, 0) is 42.9 Å². The van der Waals surface area contributed by atoms with E-state index in [-0.39, 0.29) is 25.9 Å². The Morgan fingerprint density at radius 1 is 0.479 bits per heavy atom. The zero-order chi connectivity index (χ0) is 51.8. The molecule has 6 atom stereocenters. The van der Waals surface area contributed by atoms with E-state index in [0.29, 0.717) is 25.7 Å². The summed E-state index contributed by atoms with van der Waals surface area (Å²) in [5, 5.41) is 31.4. The minimum atomic E-state index is -1.93. The second-order valence-electron chi connectivity index (χ2n) is 18.5. The molecule has 0 radical (unpaired) electrons. The van der Waals surface area contributed by atoms with Crippen LogP contribution in [0.25, 0.3) is 0 Å². The maximum absolute atomic E-state index is 13.1. The van der Waals surface area contributed by atoms with Crippen LogP contribution in [0.5, 0.6) is 0 Å². The lowest BCUT2D eigenvalue weighted by molar-refractivity contribution is -0.301. The van der Waals surface area contributed by atoms with Gasteiger partial charge in [-0.1, -0.05) is 202 Å². The highest BCUT2D eigenvalue weighted by Gasteiger charge is 2.50. The Labute approximate surface area is 429 Å². The summed E-state index contributed by atoms with van der Waals surface area (Å²) in [7, 11) is 0. The van der Waals surface area contributed by atoms with Gasteiger partial charge in [-0.15, -0.1) is 0 Å². The average Bonchev–Trinajstić information content (AvgIpc) is 3.35. The molecule has 3 N–H and O–H groups in total. The molecule has 0 amide bonds. The fourth-order valence-corrected chi connectivity index (χ4v) is 7.81. The van der Waals surface area contributed by atoms with Crippen molar-refractivity contribution in [3.63, 3.8) is 0 Å². The van der Waals surface area contributed by atoms with Gasteiger partial charge in [0.25, 0.3) is 0 Å². The number of carboxylic acids is 1. The highest BCUT2D eigenvalue weighted by Crippen LogP contribution is 2.26. The van der Waals surface area contributed by atoms with Crippen LogP contribution in [0.1, 0.15) is 213 Å². The lowest BCUT2D eigenvalue weighted by atomic mass is 9.98. The van der Waals surface area contributed by atoms with Gasteiger partial charge < -0.3 is 39.0 Å². The van der Waals surface area contributed by atoms with Crippen molar-refractivity contribution in [1.82, 2.24) is 0 Å². The molecule has 1 heterocycles. The normalized spacial score (nSPS) is 19.1. The maximum atomic E-state index is 13.1. The molecule has 6 unspecified atom stereocenters. The van der Waals surface area contributed by atoms with Crippen molar-refractivity contribution in [3.05, 3.63) is 85.1 Å². The van der Waals surface area contributed by atoms with Gasteiger partial charge in [-0.2, -0.15) is 0 Å². The number of carbonyl (C=O) groups is 4. The number of carbonyl (C=O) groups excluding carboxylic acids is 3. The summed E-state index contributed by atoms with van der Waals surface area (Å²) in [5.41, 5.74) is 0. The summed E-state index contributed by atoms with van der Waals surface area (Å²) in [4.78, 5) is 50.9. The standard InChI is InChI=1S/C59H96O12/c1-4-7-10-13-16-19-22-25-26-29-30-33-36-39-42-45-51(60)67-48-50(69-52(61)46-43-40-37-34-31-27-23-20-17-14-11-8-5-2)49-68-59-57(55(64)54(63)56(71-59)58(65)66)70-53(62)47-44-41-38-35-32-28-24-21-18-15-12-9-6-3/h7,9-10,12,16,18-19,21,25-26,28,32,38,41,50,54-57,59,63-64H,4-6,8,11,13-15,17,20,22-24,27,29-31,33-37,39-40,42-49H2,1-3H3,(H,65,66)/b10-7-,12-9-,19-16-,21-18-,26-25-,32-28-,41-38-. The fraction of sp³-hybridized carbons (Fsp3) is 0.695. The summed E-state index contributed by atoms with van der Waals surface area (Å²) >= 11 is 0. The molecule has 0 aliphatic carbocycles.